The van der Waals surface area contributed by atoms with Crippen LogP contribution in [-0.4, -0.2) is 67.7 Å². The molecule has 0 aromatic rings. The van der Waals surface area contributed by atoms with Crippen molar-refractivity contribution in [2.45, 2.75) is 27.7 Å². The topological polar surface area (TPSA) is 190 Å². The normalized spacial score (nSPS) is 6.09. The van der Waals surface area contributed by atoms with E-state index in [0.29, 0.717) is 0 Å². The fourth-order valence-electron chi connectivity index (χ4n) is 0. The molecule has 0 aromatic carbocycles. The molecule has 0 radical (unpaired) electrons. The number of carbonyl (C=O) groups is 4. The van der Waals surface area contributed by atoms with Gasteiger partial charge in [-0.15, -0.1) is 13.2 Å². The summed E-state index contributed by atoms with van der Waals surface area (Å²) in [7, 11) is 0. The van der Waals surface area contributed by atoms with E-state index in [9.17, 15) is 0 Å². The van der Waals surface area contributed by atoms with E-state index in [1.54, 1.807) is 0 Å². The first-order valence-corrected chi connectivity index (χ1v) is 5.34. The number of aliphatic hydroxyl groups is 2. The molecule has 22 heavy (non-hydrogen) atoms. The number of carboxylic acids is 4. The highest BCUT2D eigenvalue weighted by Gasteiger charge is 1.66. The van der Waals surface area contributed by atoms with Gasteiger partial charge in [0, 0.05) is 27.7 Å². The largest absolute Gasteiger partial charge is 0.481 e. The van der Waals surface area contributed by atoms with Crippen LogP contribution in [0.15, 0.2) is 13.2 Å². The van der Waals surface area contributed by atoms with E-state index in [1.807, 2.05) is 0 Å². The third-order valence-electron chi connectivity index (χ3n) is 0.1000. The summed E-state index contributed by atoms with van der Waals surface area (Å²) in [6.45, 7) is 10.1. The summed E-state index contributed by atoms with van der Waals surface area (Å²) in [6, 6.07) is 0. The van der Waals surface area contributed by atoms with Crippen molar-refractivity contribution in [2.24, 2.45) is 0 Å². The molecule has 0 spiro atoms. The maximum absolute atomic E-state index is 9.00. The Morgan fingerprint density at radius 1 is 0.591 bits per heavy atom. The predicted octanol–water partition coefficient (Wildman–Crippen LogP) is 0.137. The van der Waals surface area contributed by atoms with Crippen molar-refractivity contribution in [2.75, 3.05) is 13.2 Å². The van der Waals surface area contributed by atoms with Crippen LogP contribution >= 0.6 is 0 Å². The number of carboxylic acid groups (broad SMARTS) is 4. The van der Waals surface area contributed by atoms with Crippen LogP contribution in [0.5, 0.6) is 0 Å². The van der Waals surface area contributed by atoms with Crippen molar-refractivity contribution >= 4 is 23.9 Å². The second-order valence-electron chi connectivity index (χ2n) is 2.52. The van der Waals surface area contributed by atoms with Gasteiger partial charge in [0.1, 0.15) is 0 Å². The molecule has 0 fully saturated rings. The Morgan fingerprint density at radius 2 is 0.636 bits per heavy atom. The third kappa shape index (κ3) is 2250. The van der Waals surface area contributed by atoms with Crippen LogP contribution in [0.25, 0.3) is 0 Å². The minimum absolute atomic E-state index is 0.125. The maximum Gasteiger partial charge on any atom is 0.300 e. The molecule has 0 aliphatic heterocycles. The number of aliphatic hydroxyl groups excluding tert-OH is 2. The van der Waals surface area contributed by atoms with Gasteiger partial charge >= 0.3 is 0 Å². The average Bonchev–Trinajstić information content (AvgIpc) is 2.28. The molecule has 10 nitrogen and oxygen atoms in total. The van der Waals surface area contributed by atoms with Gasteiger partial charge in [-0.25, -0.2) is 0 Å². The van der Waals surface area contributed by atoms with Gasteiger partial charge in [0.25, 0.3) is 23.9 Å². The van der Waals surface area contributed by atoms with Crippen molar-refractivity contribution in [3.8, 4) is 0 Å². The Bertz CT molecular complexity index is 197. The molecule has 0 aliphatic rings. The van der Waals surface area contributed by atoms with E-state index in [1.165, 1.54) is 0 Å². The zero-order chi connectivity index (χ0) is 19.7. The van der Waals surface area contributed by atoms with Crippen molar-refractivity contribution in [1.82, 2.24) is 0 Å². The van der Waals surface area contributed by atoms with Crippen LogP contribution < -0.4 is 0 Å². The lowest BCUT2D eigenvalue weighted by Gasteiger charge is -1.70. The molecule has 6 N–H and O–H groups in total. The van der Waals surface area contributed by atoms with Crippen molar-refractivity contribution in [3.63, 3.8) is 0 Å². The van der Waals surface area contributed by atoms with Gasteiger partial charge in [-0.3, -0.25) is 19.2 Å². The minimum Gasteiger partial charge on any atom is -0.481 e. The van der Waals surface area contributed by atoms with Gasteiger partial charge in [0.15, 0.2) is 0 Å². The zero-order valence-corrected chi connectivity index (χ0v) is 13.1. The lowest BCUT2D eigenvalue weighted by Crippen LogP contribution is -1.85. The van der Waals surface area contributed by atoms with Crippen LogP contribution in [0.3, 0.4) is 0 Å². The van der Waals surface area contributed by atoms with Gasteiger partial charge < -0.3 is 30.6 Å². The van der Waals surface area contributed by atoms with Crippen molar-refractivity contribution in [1.29, 1.82) is 0 Å². The Labute approximate surface area is 129 Å². The average molecular weight is 330 g/mol. The van der Waals surface area contributed by atoms with Gasteiger partial charge in [-0.2, -0.15) is 0 Å². The van der Waals surface area contributed by atoms with Gasteiger partial charge in [0.05, 0.1) is 13.2 Å². The summed E-state index contributed by atoms with van der Waals surface area (Å²) in [6.07, 6.45) is 0. The quantitative estimate of drug-likeness (QED) is 0.360. The molecule has 0 unspecified atom stereocenters. The standard InChI is InChI=1S/4C2H4O2.C2H6O2.C2H4/c4*1-2(3)4;3-1-2-4;1-2/h4*1H3,(H,3,4);3-4H,1-2H2;1-2H2. The molecule has 134 valence electrons. The number of rotatable bonds is 1. The fourth-order valence-corrected chi connectivity index (χ4v) is 0. The van der Waals surface area contributed by atoms with E-state index < -0.39 is 23.9 Å². The first-order chi connectivity index (χ1) is 9.84. The summed E-state index contributed by atoms with van der Waals surface area (Å²) >= 11 is 0. The Hall–Kier alpha value is -2.46. The Morgan fingerprint density at radius 3 is 0.636 bits per heavy atom. The Kier molecular flexibility index (Phi) is 71.3. The lowest BCUT2D eigenvalue weighted by molar-refractivity contribution is -0.135. The van der Waals surface area contributed by atoms with E-state index in [-0.39, 0.29) is 13.2 Å². The van der Waals surface area contributed by atoms with E-state index >= 15 is 0 Å². The monoisotopic (exact) mass is 330 g/mol. The van der Waals surface area contributed by atoms with Gasteiger partial charge in [-0.1, -0.05) is 0 Å². The van der Waals surface area contributed by atoms with E-state index in [0.717, 1.165) is 27.7 Å². The molecule has 0 bridgehead atoms. The summed E-state index contributed by atoms with van der Waals surface area (Å²) in [5, 5.41) is 44.9. The molecule has 0 aliphatic carbocycles. The zero-order valence-electron chi connectivity index (χ0n) is 13.1. The summed E-state index contributed by atoms with van der Waals surface area (Å²) in [5.41, 5.74) is 0. The highest BCUT2D eigenvalue weighted by atomic mass is 16.4. The summed E-state index contributed by atoms with van der Waals surface area (Å²) < 4.78 is 0. The summed E-state index contributed by atoms with van der Waals surface area (Å²) in [5.74, 6) is -3.33. The lowest BCUT2D eigenvalue weighted by atomic mass is 10.8. The van der Waals surface area contributed by atoms with E-state index in [4.69, 9.17) is 49.8 Å². The molecule has 0 heterocycles. The predicted molar refractivity (Wildman–Crippen MR) is 78.7 cm³/mol. The number of hydrogen-bond acceptors (Lipinski definition) is 6. The SMILES string of the molecule is C=C.CC(=O)O.CC(=O)O.CC(=O)O.CC(=O)O.OCCO. The number of hydrogen-bond donors (Lipinski definition) is 6. The third-order valence-corrected chi connectivity index (χ3v) is 0.1000. The molecule has 10 heteroatoms. The van der Waals surface area contributed by atoms with Gasteiger partial charge in [-0.05, 0) is 0 Å². The van der Waals surface area contributed by atoms with Crippen LogP contribution in [-0.2, 0) is 19.2 Å². The van der Waals surface area contributed by atoms with E-state index in [2.05, 4.69) is 13.2 Å². The van der Waals surface area contributed by atoms with Crippen molar-refractivity contribution in [3.05, 3.63) is 13.2 Å². The van der Waals surface area contributed by atoms with Crippen LogP contribution in [0.4, 0.5) is 0 Å². The van der Waals surface area contributed by atoms with Crippen molar-refractivity contribution < 1.29 is 49.8 Å². The first-order valence-electron chi connectivity index (χ1n) is 5.34. The molecule has 0 saturated heterocycles. The molecule has 0 amide bonds. The van der Waals surface area contributed by atoms with Crippen LogP contribution in [0.2, 0.25) is 0 Å². The molecular weight excluding hydrogens is 304 g/mol. The second-order valence-corrected chi connectivity index (χ2v) is 2.52. The molecule has 0 atom stereocenters. The Balaban J connectivity index is -0.0000000353. The molecular formula is C12H26O10. The smallest absolute Gasteiger partial charge is 0.300 e. The molecule has 0 rings (SSSR count). The highest BCUT2D eigenvalue weighted by Crippen LogP contribution is 1.43. The summed E-state index contributed by atoms with van der Waals surface area (Å²) in [4.78, 5) is 36.0. The molecule has 0 aromatic heterocycles. The van der Waals surface area contributed by atoms with Gasteiger partial charge in [0.2, 0.25) is 0 Å². The fraction of sp³-hybridized carbons (Fsp3) is 0.500. The minimum atomic E-state index is -0.833. The number of aliphatic carboxylic acids is 4. The molecule has 0 saturated carbocycles. The first kappa shape index (κ1) is 36.6. The highest BCUT2D eigenvalue weighted by molar-refractivity contribution is 5.63. The maximum atomic E-state index is 9.00. The van der Waals surface area contributed by atoms with Crippen LogP contribution in [0.1, 0.15) is 27.7 Å². The second kappa shape index (κ2) is 42.8. The van der Waals surface area contributed by atoms with Crippen LogP contribution in [0, 0.1) is 0 Å².